The lowest BCUT2D eigenvalue weighted by Crippen LogP contribution is -2.39. The third kappa shape index (κ3) is 7.31. The van der Waals surface area contributed by atoms with Crippen molar-refractivity contribution in [2.45, 2.75) is 25.9 Å². The first kappa shape index (κ1) is 23.7. The summed E-state index contributed by atoms with van der Waals surface area (Å²) in [5.41, 5.74) is 2.32. The number of rotatable bonds is 7. The molecule has 150 valence electrons. The lowest BCUT2D eigenvalue weighted by atomic mass is 10.1. The van der Waals surface area contributed by atoms with Crippen molar-refractivity contribution in [1.82, 2.24) is 25.3 Å². The first-order valence-corrected chi connectivity index (χ1v) is 9.23. The van der Waals surface area contributed by atoms with Gasteiger partial charge < -0.3 is 15.5 Å². The number of aromatic nitrogens is 2. The summed E-state index contributed by atoms with van der Waals surface area (Å²) >= 11 is 5.98. The molecule has 0 aliphatic heterocycles. The van der Waals surface area contributed by atoms with E-state index in [1.807, 2.05) is 48.4 Å². The number of hydrogen-bond acceptors (Lipinski definition) is 3. The van der Waals surface area contributed by atoms with Crippen LogP contribution >= 0.6 is 35.6 Å². The van der Waals surface area contributed by atoms with E-state index in [9.17, 15) is 0 Å². The zero-order valence-electron chi connectivity index (χ0n) is 16.6. The van der Waals surface area contributed by atoms with Crippen molar-refractivity contribution in [2.24, 2.45) is 12.0 Å². The highest BCUT2D eigenvalue weighted by molar-refractivity contribution is 14.0. The van der Waals surface area contributed by atoms with Gasteiger partial charge in [-0.1, -0.05) is 23.7 Å². The van der Waals surface area contributed by atoms with Crippen LogP contribution in [0.2, 0.25) is 5.02 Å². The maximum Gasteiger partial charge on any atom is 0.191 e. The standard InChI is InChI=1S/C19H29ClN6.HI/c1-6-21-19(24-14(2)15-7-9-17(20)10-8-15)22-12-18(25(3)4)16-11-23-26(5)13-16;/h7-11,13-14,18H,6,12H2,1-5H3,(H2,21,22,24);1H. The van der Waals surface area contributed by atoms with Crippen LogP contribution in [0.3, 0.4) is 0 Å². The summed E-state index contributed by atoms with van der Waals surface area (Å²) < 4.78 is 1.82. The average molecular weight is 505 g/mol. The highest BCUT2D eigenvalue weighted by Gasteiger charge is 2.16. The number of hydrogen-bond donors (Lipinski definition) is 2. The number of nitrogens with zero attached hydrogens (tertiary/aromatic N) is 4. The van der Waals surface area contributed by atoms with Crippen LogP contribution in [0, 0.1) is 0 Å². The molecule has 0 amide bonds. The van der Waals surface area contributed by atoms with E-state index in [0.29, 0.717) is 6.54 Å². The summed E-state index contributed by atoms with van der Waals surface area (Å²) in [5.74, 6) is 0.797. The van der Waals surface area contributed by atoms with Crippen LogP contribution in [0.5, 0.6) is 0 Å². The molecule has 0 bridgehead atoms. The summed E-state index contributed by atoms with van der Waals surface area (Å²) in [5, 5.41) is 11.8. The maximum absolute atomic E-state index is 5.98. The molecular formula is C19H30ClIN6. The van der Waals surface area contributed by atoms with Gasteiger partial charge in [0, 0.05) is 30.4 Å². The van der Waals surface area contributed by atoms with Crippen LogP contribution in [0.4, 0.5) is 0 Å². The van der Waals surface area contributed by atoms with Crippen LogP contribution < -0.4 is 10.6 Å². The van der Waals surface area contributed by atoms with E-state index in [1.165, 1.54) is 0 Å². The van der Waals surface area contributed by atoms with Crippen molar-refractivity contribution < 1.29 is 0 Å². The topological polar surface area (TPSA) is 57.5 Å². The van der Waals surface area contributed by atoms with Gasteiger partial charge in [0.25, 0.3) is 0 Å². The number of aryl methyl sites for hydroxylation is 1. The minimum absolute atomic E-state index is 0. The molecule has 0 aliphatic rings. The molecule has 2 rings (SSSR count). The first-order chi connectivity index (χ1) is 12.4. The number of benzene rings is 1. The minimum Gasteiger partial charge on any atom is -0.357 e. The zero-order chi connectivity index (χ0) is 19.1. The van der Waals surface area contributed by atoms with Crippen LogP contribution in [-0.4, -0.2) is 47.8 Å². The van der Waals surface area contributed by atoms with Crippen molar-refractivity contribution >= 4 is 41.5 Å². The maximum atomic E-state index is 5.98. The Morgan fingerprint density at radius 2 is 1.93 bits per heavy atom. The fourth-order valence-corrected chi connectivity index (χ4v) is 2.84. The van der Waals surface area contributed by atoms with E-state index in [0.717, 1.165) is 28.7 Å². The number of nitrogens with one attached hydrogen (secondary N) is 2. The molecule has 1 aromatic heterocycles. The zero-order valence-corrected chi connectivity index (χ0v) is 19.7. The van der Waals surface area contributed by atoms with E-state index in [2.05, 4.69) is 48.6 Å². The minimum atomic E-state index is 0. The van der Waals surface area contributed by atoms with E-state index < -0.39 is 0 Å². The third-order valence-electron chi connectivity index (χ3n) is 4.22. The van der Waals surface area contributed by atoms with Gasteiger partial charge in [-0.25, -0.2) is 0 Å². The molecule has 0 radical (unpaired) electrons. The van der Waals surface area contributed by atoms with Crippen LogP contribution in [0.15, 0.2) is 41.7 Å². The van der Waals surface area contributed by atoms with Gasteiger partial charge in [0.1, 0.15) is 0 Å². The van der Waals surface area contributed by atoms with Crippen molar-refractivity contribution in [3.05, 3.63) is 52.8 Å². The normalized spacial score (nSPS) is 13.8. The Morgan fingerprint density at radius 3 is 2.44 bits per heavy atom. The van der Waals surface area contributed by atoms with Crippen molar-refractivity contribution in [3.8, 4) is 0 Å². The van der Waals surface area contributed by atoms with Gasteiger partial charge in [-0.15, -0.1) is 24.0 Å². The molecule has 2 atom stereocenters. The monoisotopic (exact) mass is 504 g/mol. The summed E-state index contributed by atoms with van der Waals surface area (Å²) in [6.07, 6.45) is 3.94. The summed E-state index contributed by atoms with van der Waals surface area (Å²) in [6.45, 7) is 5.62. The van der Waals surface area contributed by atoms with Crippen LogP contribution in [0.1, 0.15) is 37.1 Å². The fraction of sp³-hybridized carbons (Fsp3) is 0.474. The second kappa shape index (κ2) is 11.5. The Labute approximate surface area is 184 Å². The van der Waals surface area contributed by atoms with E-state index >= 15 is 0 Å². The summed E-state index contributed by atoms with van der Waals surface area (Å²) in [4.78, 5) is 6.95. The van der Waals surface area contributed by atoms with Crippen molar-refractivity contribution in [3.63, 3.8) is 0 Å². The van der Waals surface area contributed by atoms with Gasteiger partial charge >= 0.3 is 0 Å². The molecule has 0 saturated carbocycles. The molecule has 2 unspecified atom stereocenters. The van der Waals surface area contributed by atoms with Crippen LogP contribution in [-0.2, 0) is 7.05 Å². The number of guanidine groups is 1. The number of halogens is 2. The molecule has 0 saturated heterocycles. The molecular weight excluding hydrogens is 475 g/mol. The molecule has 27 heavy (non-hydrogen) atoms. The second-order valence-corrected chi connectivity index (χ2v) is 7.00. The molecule has 2 aromatic rings. The Morgan fingerprint density at radius 1 is 1.26 bits per heavy atom. The van der Waals surface area contributed by atoms with E-state index in [4.69, 9.17) is 16.6 Å². The quantitative estimate of drug-likeness (QED) is 0.344. The Balaban J connectivity index is 0.00000364. The number of aliphatic imine (C=N–C) groups is 1. The van der Waals surface area contributed by atoms with Gasteiger partial charge in [-0.05, 0) is 45.6 Å². The molecule has 1 aromatic carbocycles. The van der Waals surface area contributed by atoms with Crippen molar-refractivity contribution in [1.29, 1.82) is 0 Å². The Kier molecular flexibility index (Phi) is 10.1. The van der Waals surface area contributed by atoms with E-state index in [1.54, 1.807) is 0 Å². The van der Waals surface area contributed by atoms with E-state index in [-0.39, 0.29) is 36.1 Å². The highest BCUT2D eigenvalue weighted by Crippen LogP contribution is 2.18. The van der Waals surface area contributed by atoms with Crippen LogP contribution in [0.25, 0.3) is 0 Å². The second-order valence-electron chi connectivity index (χ2n) is 6.56. The SMILES string of the molecule is CCNC(=NCC(c1cnn(C)c1)N(C)C)NC(C)c1ccc(Cl)cc1.I. The lowest BCUT2D eigenvalue weighted by Gasteiger charge is -2.23. The highest BCUT2D eigenvalue weighted by atomic mass is 127. The molecule has 0 spiro atoms. The predicted octanol–water partition coefficient (Wildman–Crippen LogP) is 3.61. The third-order valence-corrected chi connectivity index (χ3v) is 4.47. The molecule has 1 heterocycles. The van der Waals surface area contributed by atoms with Gasteiger partial charge in [-0.3, -0.25) is 9.67 Å². The molecule has 8 heteroatoms. The van der Waals surface area contributed by atoms with Crippen molar-refractivity contribution in [2.75, 3.05) is 27.2 Å². The lowest BCUT2D eigenvalue weighted by molar-refractivity contribution is 0.306. The fourth-order valence-electron chi connectivity index (χ4n) is 2.72. The van der Waals surface area contributed by atoms with Gasteiger partial charge in [0.05, 0.1) is 24.8 Å². The average Bonchev–Trinajstić information content (AvgIpc) is 3.01. The molecule has 0 aliphatic carbocycles. The smallest absolute Gasteiger partial charge is 0.191 e. The number of likely N-dealkylation sites (N-methyl/N-ethyl adjacent to an activating group) is 1. The molecule has 2 N–H and O–H groups in total. The van der Waals surface area contributed by atoms with Gasteiger partial charge in [0.15, 0.2) is 5.96 Å². The molecule has 6 nitrogen and oxygen atoms in total. The Hall–Kier alpha value is -1.32. The summed E-state index contributed by atoms with van der Waals surface area (Å²) in [6, 6.07) is 8.17. The summed E-state index contributed by atoms with van der Waals surface area (Å²) in [7, 11) is 6.05. The molecule has 0 fully saturated rings. The Bertz CT molecular complexity index is 713. The predicted molar refractivity (Wildman–Crippen MR) is 124 cm³/mol. The first-order valence-electron chi connectivity index (χ1n) is 8.86. The van der Waals surface area contributed by atoms with Gasteiger partial charge in [0.2, 0.25) is 0 Å². The largest absolute Gasteiger partial charge is 0.357 e. The van der Waals surface area contributed by atoms with Gasteiger partial charge in [-0.2, -0.15) is 5.10 Å².